The molecule has 3 aromatic heterocycles. The van der Waals surface area contributed by atoms with Crippen molar-refractivity contribution in [2.75, 3.05) is 0 Å². The van der Waals surface area contributed by atoms with Crippen molar-refractivity contribution >= 4 is 11.3 Å². The van der Waals surface area contributed by atoms with Gasteiger partial charge in [0.2, 0.25) is 0 Å². The molecule has 0 amide bonds. The van der Waals surface area contributed by atoms with Crippen molar-refractivity contribution in [3.63, 3.8) is 0 Å². The highest BCUT2D eigenvalue weighted by Gasteiger charge is 2.15. The normalized spacial score (nSPS) is 11.7. The van der Waals surface area contributed by atoms with E-state index in [9.17, 15) is 0 Å². The van der Waals surface area contributed by atoms with Gasteiger partial charge in [0.1, 0.15) is 0 Å². The molecule has 0 aliphatic carbocycles. The van der Waals surface area contributed by atoms with Crippen LogP contribution in [-0.4, -0.2) is 24.9 Å². The molecule has 0 aliphatic heterocycles. The van der Waals surface area contributed by atoms with Crippen LogP contribution in [0.25, 0.3) is 79.1 Å². The van der Waals surface area contributed by atoms with Crippen LogP contribution in [0.15, 0.2) is 188 Å². The molecule has 2 N–H and O–H groups in total. The van der Waals surface area contributed by atoms with Crippen molar-refractivity contribution in [2.24, 2.45) is 5.73 Å². The largest absolute Gasteiger partial charge is 0.396 e. The van der Waals surface area contributed by atoms with Crippen LogP contribution in [-0.2, 0) is 0 Å². The van der Waals surface area contributed by atoms with E-state index in [1.54, 1.807) is 6.20 Å². The summed E-state index contributed by atoms with van der Waals surface area (Å²) in [5.74, 6) is 1.87. The number of allylic oxidation sites excluding steroid dienone is 3. The second-order valence-corrected chi connectivity index (χ2v) is 12.7. The summed E-state index contributed by atoms with van der Waals surface area (Å²) in [4.78, 5) is 24.3. The smallest absolute Gasteiger partial charge is 0.164 e. The van der Waals surface area contributed by atoms with Crippen molar-refractivity contribution in [2.45, 2.75) is 6.92 Å². The van der Waals surface area contributed by atoms with E-state index in [4.69, 9.17) is 25.7 Å². The fourth-order valence-corrected chi connectivity index (χ4v) is 6.38. The molecule has 0 spiro atoms. The lowest BCUT2D eigenvalue weighted by Crippen LogP contribution is -2.05. The van der Waals surface area contributed by atoms with Gasteiger partial charge in [-0.25, -0.2) is 19.9 Å². The first kappa shape index (κ1) is 33.8. The molecule has 6 nitrogen and oxygen atoms in total. The van der Waals surface area contributed by atoms with Crippen molar-refractivity contribution in [1.82, 2.24) is 24.9 Å². The van der Waals surface area contributed by atoms with Crippen LogP contribution in [0.1, 0.15) is 18.2 Å². The summed E-state index contributed by atoms with van der Waals surface area (Å²) >= 11 is 0. The SMILES string of the molecule is C/C=C\C(=C(/N)c1cc(-c2ccccc2)cc(-c2ccccn2)n1)c1ccc(-c2cccc(-c3nc(-c4ccccc4)nc(-c4ccccc4)n3)c2)cc1. The first-order valence-electron chi connectivity index (χ1n) is 17.8. The van der Waals surface area contributed by atoms with Crippen molar-refractivity contribution in [3.05, 3.63) is 199 Å². The van der Waals surface area contributed by atoms with Crippen LogP contribution >= 0.6 is 0 Å². The summed E-state index contributed by atoms with van der Waals surface area (Å²) in [6, 6.07) is 57.0. The second kappa shape index (κ2) is 15.5. The number of hydrogen-bond acceptors (Lipinski definition) is 6. The average molecular weight is 697 g/mol. The number of rotatable bonds is 9. The van der Waals surface area contributed by atoms with Crippen LogP contribution < -0.4 is 5.73 Å². The average Bonchev–Trinajstić information content (AvgIpc) is 3.26. The van der Waals surface area contributed by atoms with Gasteiger partial charge in [0, 0.05) is 28.5 Å². The minimum Gasteiger partial charge on any atom is -0.396 e. The third kappa shape index (κ3) is 7.36. The molecule has 6 heteroatoms. The van der Waals surface area contributed by atoms with Gasteiger partial charge in [-0.2, -0.15) is 0 Å². The van der Waals surface area contributed by atoms with Crippen LogP contribution in [0.2, 0.25) is 0 Å². The summed E-state index contributed by atoms with van der Waals surface area (Å²) in [5, 5.41) is 0. The van der Waals surface area contributed by atoms with Gasteiger partial charge in [-0.05, 0) is 65.1 Å². The molecule has 0 atom stereocenters. The van der Waals surface area contributed by atoms with Gasteiger partial charge in [0.15, 0.2) is 17.5 Å². The number of nitrogens with two attached hydrogens (primary N) is 1. The standard InChI is InChI=1S/C48H36N6/c1-2-15-41(45(49)44-32-40(33-16-6-3-7-17-33)31-43(51-44)42-24-12-13-29-50-42)35-27-25-34(26-28-35)38-22-14-23-39(30-38)48-53-46(36-18-8-4-9-19-36)52-47(54-48)37-20-10-5-11-21-37/h2-32H,49H2,1H3/b15-2-,45-41+. The Hall–Kier alpha value is -7.31. The predicted octanol–water partition coefficient (Wildman–Crippen LogP) is 11.1. The van der Waals surface area contributed by atoms with E-state index in [2.05, 4.69) is 59.6 Å². The minimum absolute atomic E-state index is 0.580. The molecule has 0 saturated heterocycles. The fraction of sp³-hybridized carbons (Fsp3) is 0.0208. The van der Waals surface area contributed by atoms with E-state index in [-0.39, 0.29) is 0 Å². The maximum Gasteiger partial charge on any atom is 0.164 e. The molecule has 0 unspecified atom stereocenters. The maximum atomic E-state index is 7.02. The number of benzene rings is 5. The molecular formula is C48H36N6. The maximum absolute atomic E-state index is 7.02. The second-order valence-electron chi connectivity index (χ2n) is 12.7. The molecule has 8 aromatic rings. The Labute approximate surface area is 315 Å². The summed E-state index contributed by atoms with van der Waals surface area (Å²) in [5.41, 5.74) is 18.7. The number of nitrogens with zero attached hydrogens (tertiary/aromatic N) is 5. The van der Waals surface area contributed by atoms with Gasteiger partial charge in [0.05, 0.1) is 22.8 Å². The van der Waals surface area contributed by atoms with Crippen molar-refractivity contribution in [1.29, 1.82) is 0 Å². The Bertz CT molecular complexity index is 2470. The summed E-state index contributed by atoms with van der Waals surface area (Å²) < 4.78 is 0. The molecule has 8 rings (SSSR count). The zero-order valence-electron chi connectivity index (χ0n) is 29.7. The lowest BCUT2D eigenvalue weighted by atomic mass is 9.96. The van der Waals surface area contributed by atoms with E-state index >= 15 is 0 Å². The fourth-order valence-electron chi connectivity index (χ4n) is 6.38. The molecule has 5 aromatic carbocycles. The first-order valence-corrected chi connectivity index (χ1v) is 17.8. The Morgan fingerprint density at radius 3 is 1.57 bits per heavy atom. The molecule has 3 heterocycles. The molecule has 54 heavy (non-hydrogen) atoms. The number of pyridine rings is 2. The zero-order chi connectivity index (χ0) is 36.7. The predicted molar refractivity (Wildman–Crippen MR) is 220 cm³/mol. The minimum atomic E-state index is 0.580. The quantitative estimate of drug-likeness (QED) is 0.151. The Morgan fingerprint density at radius 2 is 0.981 bits per heavy atom. The first-order chi connectivity index (χ1) is 26.6. The monoisotopic (exact) mass is 696 g/mol. The highest BCUT2D eigenvalue weighted by Crippen LogP contribution is 2.32. The highest BCUT2D eigenvalue weighted by molar-refractivity contribution is 5.94. The van der Waals surface area contributed by atoms with E-state index in [0.717, 1.165) is 61.5 Å². The molecule has 0 bridgehead atoms. The Balaban J connectivity index is 1.16. The lowest BCUT2D eigenvalue weighted by Gasteiger charge is -2.13. The Morgan fingerprint density at radius 1 is 0.444 bits per heavy atom. The molecule has 0 saturated carbocycles. The zero-order valence-corrected chi connectivity index (χ0v) is 29.7. The molecule has 0 fully saturated rings. The highest BCUT2D eigenvalue weighted by atomic mass is 15.0. The third-order valence-corrected chi connectivity index (χ3v) is 9.11. The van der Waals surface area contributed by atoms with E-state index in [1.165, 1.54) is 0 Å². The van der Waals surface area contributed by atoms with E-state index in [1.807, 2.05) is 134 Å². The van der Waals surface area contributed by atoms with Crippen molar-refractivity contribution < 1.29 is 0 Å². The summed E-state index contributed by atoms with van der Waals surface area (Å²) in [6.07, 6.45) is 5.82. The van der Waals surface area contributed by atoms with Crippen LogP contribution in [0.4, 0.5) is 0 Å². The van der Waals surface area contributed by atoms with E-state index < -0.39 is 0 Å². The van der Waals surface area contributed by atoms with Crippen LogP contribution in [0.5, 0.6) is 0 Å². The number of hydrogen-bond donors (Lipinski definition) is 1. The Kier molecular flexibility index (Phi) is 9.72. The van der Waals surface area contributed by atoms with Gasteiger partial charge in [-0.15, -0.1) is 0 Å². The number of aromatic nitrogens is 5. The van der Waals surface area contributed by atoms with Gasteiger partial charge < -0.3 is 5.73 Å². The molecule has 0 aliphatic rings. The van der Waals surface area contributed by atoms with Crippen LogP contribution in [0.3, 0.4) is 0 Å². The van der Waals surface area contributed by atoms with Gasteiger partial charge in [0.25, 0.3) is 0 Å². The molecule has 0 radical (unpaired) electrons. The van der Waals surface area contributed by atoms with Gasteiger partial charge >= 0.3 is 0 Å². The van der Waals surface area contributed by atoms with Crippen LogP contribution in [0, 0.1) is 0 Å². The molecular weight excluding hydrogens is 661 g/mol. The summed E-state index contributed by atoms with van der Waals surface area (Å²) in [6.45, 7) is 1.99. The lowest BCUT2D eigenvalue weighted by molar-refractivity contribution is 1.07. The molecule has 258 valence electrons. The third-order valence-electron chi connectivity index (χ3n) is 9.11. The van der Waals surface area contributed by atoms with Gasteiger partial charge in [-0.1, -0.05) is 152 Å². The van der Waals surface area contributed by atoms with Gasteiger partial charge in [-0.3, -0.25) is 4.98 Å². The van der Waals surface area contributed by atoms with Crippen molar-refractivity contribution in [3.8, 4) is 67.8 Å². The van der Waals surface area contributed by atoms with E-state index in [0.29, 0.717) is 28.9 Å². The topological polar surface area (TPSA) is 90.5 Å². The summed E-state index contributed by atoms with van der Waals surface area (Å²) in [7, 11) is 0.